The lowest BCUT2D eigenvalue weighted by molar-refractivity contribution is 0.471. The number of hydrogen-bond donors (Lipinski definition) is 2. The summed E-state index contributed by atoms with van der Waals surface area (Å²) in [5, 5.41) is 14.7. The summed E-state index contributed by atoms with van der Waals surface area (Å²) in [5.41, 5.74) is 7.19. The van der Waals surface area contributed by atoms with E-state index in [4.69, 9.17) is 12.2 Å². The van der Waals surface area contributed by atoms with Crippen LogP contribution in [0, 0.1) is 20.8 Å². The van der Waals surface area contributed by atoms with Gasteiger partial charge in [-0.25, -0.2) is 0 Å². The number of phenolic OH excluding ortho intramolecular Hbond substituents is 1. The summed E-state index contributed by atoms with van der Waals surface area (Å²) in [6, 6.07) is 23.8. The zero-order valence-electron chi connectivity index (χ0n) is 18.9. The number of aryl methyl sites for hydroxylation is 2. The van der Waals surface area contributed by atoms with E-state index in [-0.39, 0.29) is 17.8 Å². The molecule has 4 aromatic rings. The Morgan fingerprint density at radius 1 is 0.939 bits per heavy atom. The molecular formula is C27H26N4OS. The predicted octanol–water partition coefficient (Wildman–Crippen LogP) is 5.68. The Kier molecular flexibility index (Phi) is 5.38. The number of hydrogen-bond acceptors (Lipinski definition) is 3. The van der Waals surface area contributed by atoms with Gasteiger partial charge in [-0.05, 0) is 81.0 Å². The smallest absolute Gasteiger partial charge is 0.174 e. The first-order valence-corrected chi connectivity index (χ1v) is 11.4. The first kappa shape index (κ1) is 21.2. The molecule has 0 amide bonds. The fraction of sp³-hybridized carbons (Fsp3) is 0.185. The van der Waals surface area contributed by atoms with Gasteiger partial charge in [0.25, 0.3) is 0 Å². The number of thiocarbonyl (C=S) groups is 1. The Balaban J connectivity index is 1.69. The third-order valence-corrected chi connectivity index (χ3v) is 6.64. The molecule has 2 aromatic carbocycles. The maximum atomic E-state index is 10.5. The molecule has 0 spiro atoms. The van der Waals surface area contributed by atoms with Crippen molar-refractivity contribution in [2.24, 2.45) is 0 Å². The summed E-state index contributed by atoms with van der Waals surface area (Å²) in [5.74, 6) is 0.252. The molecule has 2 N–H and O–H groups in total. The van der Waals surface area contributed by atoms with Crippen LogP contribution in [0.3, 0.4) is 0 Å². The van der Waals surface area contributed by atoms with Crippen molar-refractivity contribution in [3.05, 3.63) is 107 Å². The van der Waals surface area contributed by atoms with Crippen LogP contribution in [0.15, 0.2) is 79.0 Å². The van der Waals surface area contributed by atoms with E-state index in [0.717, 1.165) is 34.0 Å². The zero-order chi connectivity index (χ0) is 23.1. The van der Waals surface area contributed by atoms with Crippen molar-refractivity contribution < 1.29 is 5.11 Å². The van der Waals surface area contributed by atoms with Gasteiger partial charge in [0.05, 0.1) is 23.5 Å². The van der Waals surface area contributed by atoms with Crippen LogP contribution in [0.25, 0.3) is 5.69 Å². The van der Waals surface area contributed by atoms with Crippen molar-refractivity contribution in [1.29, 1.82) is 0 Å². The SMILES string of the molecule is Cc1ccc(N2C(=S)N[C@@H](c3ccccn3)[C@@H]2c2cc(C)n(-c3ccccc3O)c2C)cc1. The molecule has 5 nitrogen and oxygen atoms in total. The van der Waals surface area contributed by atoms with Crippen LogP contribution in [0.5, 0.6) is 5.75 Å². The van der Waals surface area contributed by atoms with Gasteiger partial charge in [-0.2, -0.15) is 0 Å². The Hall–Kier alpha value is -3.64. The molecule has 2 aromatic heterocycles. The van der Waals surface area contributed by atoms with Gasteiger partial charge in [0.15, 0.2) is 5.11 Å². The molecule has 166 valence electrons. The molecule has 3 heterocycles. The van der Waals surface area contributed by atoms with E-state index in [1.54, 1.807) is 6.07 Å². The fourth-order valence-corrected chi connectivity index (χ4v) is 5.11. The third-order valence-electron chi connectivity index (χ3n) is 6.32. The Morgan fingerprint density at radius 2 is 1.67 bits per heavy atom. The molecule has 2 atom stereocenters. The largest absolute Gasteiger partial charge is 0.506 e. The summed E-state index contributed by atoms with van der Waals surface area (Å²) in [7, 11) is 0. The van der Waals surface area contributed by atoms with Crippen LogP contribution >= 0.6 is 12.2 Å². The van der Waals surface area contributed by atoms with Gasteiger partial charge in [-0.15, -0.1) is 0 Å². The number of pyridine rings is 1. The van der Waals surface area contributed by atoms with Crippen molar-refractivity contribution in [1.82, 2.24) is 14.9 Å². The summed E-state index contributed by atoms with van der Waals surface area (Å²) >= 11 is 5.85. The normalized spacial score (nSPS) is 17.9. The first-order chi connectivity index (χ1) is 16.0. The van der Waals surface area contributed by atoms with Gasteiger partial charge < -0.3 is 19.9 Å². The molecule has 33 heavy (non-hydrogen) atoms. The average molecular weight is 455 g/mol. The highest BCUT2D eigenvalue weighted by Gasteiger charge is 2.42. The lowest BCUT2D eigenvalue weighted by Gasteiger charge is -2.28. The van der Waals surface area contributed by atoms with Crippen LogP contribution in [-0.2, 0) is 0 Å². The van der Waals surface area contributed by atoms with E-state index in [0.29, 0.717) is 5.11 Å². The number of nitrogens with zero attached hydrogens (tertiary/aromatic N) is 3. The summed E-state index contributed by atoms with van der Waals surface area (Å²) in [4.78, 5) is 6.83. The van der Waals surface area contributed by atoms with Gasteiger partial charge in [-0.1, -0.05) is 35.9 Å². The Labute approximate surface area is 199 Å². The highest BCUT2D eigenvalue weighted by molar-refractivity contribution is 7.80. The van der Waals surface area contributed by atoms with Gasteiger partial charge in [0.2, 0.25) is 0 Å². The maximum absolute atomic E-state index is 10.5. The zero-order valence-corrected chi connectivity index (χ0v) is 19.7. The number of para-hydroxylation sites is 2. The van der Waals surface area contributed by atoms with E-state index in [2.05, 4.69) is 70.9 Å². The van der Waals surface area contributed by atoms with Gasteiger partial charge >= 0.3 is 0 Å². The Bertz CT molecular complexity index is 1310. The fourth-order valence-electron chi connectivity index (χ4n) is 4.77. The first-order valence-electron chi connectivity index (χ1n) is 11.0. The minimum absolute atomic E-state index is 0.0964. The molecule has 1 aliphatic rings. The van der Waals surface area contributed by atoms with E-state index < -0.39 is 0 Å². The van der Waals surface area contributed by atoms with Gasteiger partial charge in [0.1, 0.15) is 5.75 Å². The van der Waals surface area contributed by atoms with Gasteiger partial charge in [0, 0.05) is 23.3 Å². The number of nitrogens with one attached hydrogen (secondary N) is 1. The van der Waals surface area contributed by atoms with Crippen molar-refractivity contribution in [2.45, 2.75) is 32.9 Å². The van der Waals surface area contributed by atoms with Crippen LogP contribution in [0.1, 0.15) is 40.3 Å². The molecule has 1 saturated heterocycles. The third kappa shape index (κ3) is 3.66. The minimum atomic E-state index is -0.113. The van der Waals surface area contributed by atoms with Crippen LogP contribution in [0.4, 0.5) is 5.69 Å². The molecule has 1 fully saturated rings. The lowest BCUT2D eigenvalue weighted by atomic mass is 9.96. The summed E-state index contributed by atoms with van der Waals surface area (Å²) in [6.07, 6.45) is 1.82. The molecule has 0 aliphatic carbocycles. The highest BCUT2D eigenvalue weighted by atomic mass is 32.1. The summed E-state index contributed by atoms with van der Waals surface area (Å²) in [6.45, 7) is 6.24. The average Bonchev–Trinajstić information content (AvgIpc) is 3.31. The second-order valence-corrected chi connectivity index (χ2v) is 8.87. The number of benzene rings is 2. The number of rotatable bonds is 4. The topological polar surface area (TPSA) is 53.3 Å². The monoisotopic (exact) mass is 454 g/mol. The lowest BCUT2D eigenvalue weighted by Crippen LogP contribution is -2.29. The molecular weight excluding hydrogens is 428 g/mol. The number of phenols is 1. The van der Waals surface area contributed by atoms with Crippen molar-refractivity contribution in [2.75, 3.05) is 4.90 Å². The molecule has 0 radical (unpaired) electrons. The van der Waals surface area contributed by atoms with E-state index in [1.807, 2.05) is 42.6 Å². The standard InChI is InChI=1S/C27H26N4OS/c1-17-11-13-20(14-12-17)31-26(25(29-27(31)33)22-8-6-7-15-28-22)21-16-18(2)30(19(21)3)23-9-4-5-10-24(23)32/h4-16,25-26,32H,1-3H3,(H,29,33)/t25-,26-/m0/s1. The Morgan fingerprint density at radius 3 is 2.36 bits per heavy atom. The van der Waals surface area contributed by atoms with E-state index >= 15 is 0 Å². The predicted molar refractivity (Wildman–Crippen MR) is 136 cm³/mol. The van der Waals surface area contributed by atoms with Crippen molar-refractivity contribution in [3.63, 3.8) is 0 Å². The molecule has 1 aliphatic heterocycles. The number of anilines is 1. The molecule has 5 rings (SSSR count). The minimum Gasteiger partial charge on any atom is -0.506 e. The molecule has 0 saturated carbocycles. The van der Waals surface area contributed by atoms with Crippen LogP contribution < -0.4 is 10.2 Å². The number of aromatic nitrogens is 2. The summed E-state index contributed by atoms with van der Waals surface area (Å²) < 4.78 is 2.11. The van der Waals surface area contributed by atoms with E-state index in [1.165, 1.54) is 5.56 Å². The quantitative estimate of drug-likeness (QED) is 0.389. The van der Waals surface area contributed by atoms with E-state index in [9.17, 15) is 5.11 Å². The van der Waals surface area contributed by atoms with Crippen molar-refractivity contribution >= 4 is 23.0 Å². The second kappa shape index (κ2) is 8.37. The molecule has 6 heteroatoms. The highest BCUT2D eigenvalue weighted by Crippen LogP contribution is 2.44. The van der Waals surface area contributed by atoms with Gasteiger partial charge in [-0.3, -0.25) is 4.98 Å². The molecule has 0 unspecified atom stereocenters. The molecule has 0 bridgehead atoms. The van der Waals surface area contributed by atoms with Crippen LogP contribution in [0.2, 0.25) is 0 Å². The maximum Gasteiger partial charge on any atom is 0.174 e. The van der Waals surface area contributed by atoms with Crippen molar-refractivity contribution in [3.8, 4) is 11.4 Å². The van der Waals surface area contributed by atoms with Crippen LogP contribution in [-0.4, -0.2) is 19.8 Å². The second-order valence-electron chi connectivity index (χ2n) is 8.48. The number of aromatic hydroxyl groups is 1.